The van der Waals surface area contributed by atoms with E-state index in [0.717, 1.165) is 12.8 Å². The molecule has 1 aliphatic carbocycles. The Labute approximate surface area is 171 Å². The molecule has 1 N–H and O–H groups in total. The first kappa shape index (κ1) is 20.8. The summed E-state index contributed by atoms with van der Waals surface area (Å²) in [5.74, 6) is -0.690. The molecule has 3 rings (SSSR count). The van der Waals surface area contributed by atoms with Crippen molar-refractivity contribution in [2.45, 2.75) is 30.3 Å². The average molecular weight is 471 g/mol. The van der Waals surface area contributed by atoms with Gasteiger partial charge < -0.3 is 9.64 Å². The van der Waals surface area contributed by atoms with Crippen LogP contribution in [0.3, 0.4) is 0 Å². The number of halogens is 2. The molecule has 1 amide bonds. The van der Waals surface area contributed by atoms with E-state index in [1.54, 1.807) is 12.1 Å². The predicted octanol–water partition coefficient (Wildman–Crippen LogP) is 3.31. The smallest absolute Gasteiger partial charge is 0.253 e. The summed E-state index contributed by atoms with van der Waals surface area (Å²) in [7, 11) is -0.903. The largest absolute Gasteiger partial charge is 0.495 e. The van der Waals surface area contributed by atoms with Crippen molar-refractivity contribution in [2.75, 3.05) is 14.2 Å². The van der Waals surface area contributed by atoms with Crippen molar-refractivity contribution in [1.82, 2.24) is 9.62 Å². The average Bonchev–Trinajstić information content (AvgIpc) is 3.46. The summed E-state index contributed by atoms with van der Waals surface area (Å²) in [4.78, 5) is 14.0. The lowest BCUT2D eigenvalue weighted by Crippen LogP contribution is -2.28. The number of nitrogens with one attached hydrogen (secondary N) is 1. The van der Waals surface area contributed by atoms with E-state index in [1.165, 1.54) is 43.3 Å². The van der Waals surface area contributed by atoms with Crippen molar-refractivity contribution in [3.05, 3.63) is 57.8 Å². The summed E-state index contributed by atoms with van der Waals surface area (Å²) in [6.07, 6.45) is 1.59. The van der Waals surface area contributed by atoms with Gasteiger partial charge in [-0.3, -0.25) is 4.79 Å². The van der Waals surface area contributed by atoms with Crippen LogP contribution in [0.5, 0.6) is 5.75 Å². The molecule has 6 nitrogen and oxygen atoms in total. The number of rotatable bonds is 7. The number of methoxy groups -OCH3 is 1. The Hall–Kier alpha value is -1.97. The molecule has 0 heterocycles. The number of nitrogens with zero attached hydrogens (tertiary/aromatic N) is 1. The summed E-state index contributed by atoms with van der Waals surface area (Å²) in [5.41, 5.74) is 0.525. The molecule has 1 aliphatic rings. The third-order valence-electron chi connectivity index (χ3n) is 4.36. The SMILES string of the molecule is COc1ccc(C(=O)N(C)Cc2cc(Br)ccc2F)cc1S(=O)(=O)NC1CC1. The Morgan fingerprint density at radius 3 is 2.64 bits per heavy atom. The van der Waals surface area contributed by atoms with Gasteiger partial charge in [0.25, 0.3) is 5.91 Å². The molecule has 0 unspecified atom stereocenters. The van der Waals surface area contributed by atoms with Gasteiger partial charge in [0, 0.05) is 35.2 Å². The van der Waals surface area contributed by atoms with Crippen LogP contribution in [0.15, 0.2) is 45.8 Å². The molecule has 0 aliphatic heterocycles. The van der Waals surface area contributed by atoms with Crippen molar-refractivity contribution in [3.63, 3.8) is 0 Å². The first-order valence-electron chi connectivity index (χ1n) is 8.61. The molecule has 0 atom stereocenters. The van der Waals surface area contributed by atoms with Crippen molar-refractivity contribution < 1.29 is 22.3 Å². The molecule has 0 saturated heterocycles. The first-order chi connectivity index (χ1) is 13.2. The molecule has 150 valence electrons. The maximum absolute atomic E-state index is 14.0. The van der Waals surface area contributed by atoms with Crippen LogP contribution in [-0.2, 0) is 16.6 Å². The fraction of sp³-hybridized carbons (Fsp3) is 0.316. The molecular formula is C19H20BrFN2O4S. The van der Waals surface area contributed by atoms with Gasteiger partial charge in [-0.25, -0.2) is 17.5 Å². The number of hydrogen-bond donors (Lipinski definition) is 1. The van der Waals surface area contributed by atoms with Crippen LogP contribution < -0.4 is 9.46 Å². The van der Waals surface area contributed by atoms with Crippen LogP contribution in [0.2, 0.25) is 0 Å². The molecular weight excluding hydrogens is 451 g/mol. The number of benzene rings is 2. The zero-order valence-corrected chi connectivity index (χ0v) is 17.8. The van der Waals surface area contributed by atoms with Gasteiger partial charge in [-0.05, 0) is 49.2 Å². The minimum absolute atomic E-state index is 0.0402. The van der Waals surface area contributed by atoms with Gasteiger partial charge in [-0.15, -0.1) is 0 Å². The first-order valence-corrected chi connectivity index (χ1v) is 10.9. The Kier molecular flexibility index (Phi) is 6.07. The van der Waals surface area contributed by atoms with E-state index in [0.29, 0.717) is 10.0 Å². The number of hydrogen-bond acceptors (Lipinski definition) is 4. The number of sulfonamides is 1. The summed E-state index contributed by atoms with van der Waals surface area (Å²) in [6, 6.07) is 8.65. The van der Waals surface area contributed by atoms with E-state index in [2.05, 4.69) is 20.7 Å². The summed E-state index contributed by atoms with van der Waals surface area (Å²) >= 11 is 3.28. The molecule has 0 bridgehead atoms. The third-order valence-corrected chi connectivity index (χ3v) is 6.40. The highest BCUT2D eigenvalue weighted by Gasteiger charge is 2.30. The second-order valence-corrected chi connectivity index (χ2v) is 9.26. The molecule has 1 saturated carbocycles. The number of carbonyl (C=O) groups is 1. The minimum Gasteiger partial charge on any atom is -0.495 e. The second kappa shape index (κ2) is 8.18. The molecule has 2 aromatic carbocycles. The van der Waals surface area contributed by atoms with Crippen LogP contribution >= 0.6 is 15.9 Å². The standard InChI is InChI=1S/C19H20BrFN2O4S/c1-23(11-13-9-14(20)4-7-16(13)21)19(24)12-3-8-17(27-2)18(10-12)28(25,26)22-15-5-6-15/h3-4,7-10,15,22H,5-6,11H2,1-2H3. The zero-order chi connectivity index (χ0) is 20.5. The highest BCUT2D eigenvalue weighted by Crippen LogP contribution is 2.29. The van der Waals surface area contributed by atoms with Gasteiger partial charge in [-0.1, -0.05) is 15.9 Å². The molecule has 0 radical (unpaired) electrons. The molecule has 28 heavy (non-hydrogen) atoms. The van der Waals surface area contributed by atoms with Crippen LogP contribution in [0, 0.1) is 5.82 Å². The van der Waals surface area contributed by atoms with Crippen LogP contribution in [0.25, 0.3) is 0 Å². The predicted molar refractivity (Wildman–Crippen MR) is 106 cm³/mol. The van der Waals surface area contributed by atoms with Crippen molar-refractivity contribution >= 4 is 31.9 Å². The number of amides is 1. The highest BCUT2D eigenvalue weighted by molar-refractivity contribution is 9.10. The lowest BCUT2D eigenvalue weighted by molar-refractivity contribution is 0.0783. The fourth-order valence-corrected chi connectivity index (χ4v) is 4.62. The Morgan fingerprint density at radius 1 is 1.29 bits per heavy atom. The summed E-state index contributed by atoms with van der Waals surface area (Å²) in [6.45, 7) is 0.0402. The molecule has 0 spiro atoms. The van der Waals surface area contributed by atoms with E-state index < -0.39 is 21.7 Å². The van der Waals surface area contributed by atoms with E-state index >= 15 is 0 Å². The van der Waals surface area contributed by atoms with E-state index in [1.807, 2.05) is 0 Å². The van der Waals surface area contributed by atoms with Crippen LogP contribution in [-0.4, -0.2) is 39.4 Å². The minimum atomic E-state index is -3.80. The Bertz CT molecular complexity index is 1010. The van der Waals surface area contributed by atoms with Gasteiger partial charge in [0.2, 0.25) is 10.0 Å². The highest BCUT2D eigenvalue weighted by atomic mass is 79.9. The van der Waals surface area contributed by atoms with Crippen molar-refractivity contribution in [3.8, 4) is 5.75 Å². The lowest BCUT2D eigenvalue weighted by atomic mass is 10.1. The Morgan fingerprint density at radius 2 is 2.00 bits per heavy atom. The summed E-state index contributed by atoms with van der Waals surface area (Å²) < 4.78 is 47.6. The maximum atomic E-state index is 14.0. The summed E-state index contributed by atoms with van der Waals surface area (Å²) in [5, 5.41) is 0. The van der Waals surface area contributed by atoms with Crippen molar-refractivity contribution in [2.24, 2.45) is 0 Å². The van der Waals surface area contributed by atoms with Gasteiger partial charge in [-0.2, -0.15) is 0 Å². The lowest BCUT2D eigenvalue weighted by Gasteiger charge is -2.19. The normalized spacial score (nSPS) is 14.0. The fourth-order valence-electron chi connectivity index (χ4n) is 2.72. The van der Waals surface area contributed by atoms with Crippen LogP contribution in [0.1, 0.15) is 28.8 Å². The van der Waals surface area contributed by atoms with Crippen molar-refractivity contribution in [1.29, 1.82) is 0 Å². The van der Waals surface area contributed by atoms with E-state index in [9.17, 15) is 17.6 Å². The van der Waals surface area contributed by atoms with Gasteiger partial charge in [0.1, 0.15) is 16.5 Å². The van der Waals surface area contributed by atoms with Crippen LogP contribution in [0.4, 0.5) is 4.39 Å². The third kappa shape index (κ3) is 4.71. The molecule has 0 aromatic heterocycles. The second-order valence-electron chi connectivity index (χ2n) is 6.66. The number of carbonyl (C=O) groups excluding carboxylic acids is 1. The number of ether oxygens (including phenoxy) is 1. The molecule has 9 heteroatoms. The quantitative estimate of drug-likeness (QED) is 0.673. The Balaban J connectivity index is 1.86. The maximum Gasteiger partial charge on any atom is 0.253 e. The van der Waals surface area contributed by atoms with E-state index in [-0.39, 0.29) is 28.8 Å². The van der Waals surface area contributed by atoms with Gasteiger partial charge >= 0.3 is 0 Å². The monoisotopic (exact) mass is 470 g/mol. The van der Waals surface area contributed by atoms with E-state index in [4.69, 9.17) is 4.74 Å². The van der Waals surface area contributed by atoms with Gasteiger partial charge in [0.05, 0.1) is 7.11 Å². The van der Waals surface area contributed by atoms with Gasteiger partial charge in [0.15, 0.2) is 0 Å². The topological polar surface area (TPSA) is 75.7 Å². The molecule has 1 fully saturated rings. The zero-order valence-electron chi connectivity index (χ0n) is 15.4. The molecule has 2 aromatic rings.